The fraction of sp³-hybridized carbons (Fsp3) is 0.300. The van der Waals surface area contributed by atoms with Crippen LogP contribution < -0.4 is 14.8 Å². The maximum atomic E-state index is 12.1. The number of rotatable bonds is 10. The van der Waals surface area contributed by atoms with E-state index < -0.39 is 18.5 Å². The fourth-order valence-corrected chi connectivity index (χ4v) is 2.66. The van der Waals surface area contributed by atoms with Gasteiger partial charge in [-0.25, -0.2) is 0 Å². The lowest BCUT2D eigenvalue weighted by atomic mass is 9.98. The number of ether oxygens (including phenoxy) is 2. The van der Waals surface area contributed by atoms with Gasteiger partial charge in [0, 0.05) is 6.54 Å². The number of benzene rings is 2. The normalized spacial score (nSPS) is 11.7. The molecule has 0 aliphatic rings. The second-order valence-electron chi connectivity index (χ2n) is 6.05. The number of halogens is 2. The van der Waals surface area contributed by atoms with Crippen LogP contribution in [0.15, 0.2) is 48.5 Å². The van der Waals surface area contributed by atoms with E-state index in [1.165, 1.54) is 31.4 Å². The number of hydrogen-bond acceptors (Lipinski definition) is 4. The number of para-hydroxylation sites is 1. The van der Waals surface area contributed by atoms with E-state index in [-0.39, 0.29) is 31.0 Å². The molecule has 0 heterocycles. The number of alkyl halides is 2. The highest BCUT2D eigenvalue weighted by molar-refractivity contribution is 5.79. The molecule has 0 aliphatic carbocycles. The zero-order valence-corrected chi connectivity index (χ0v) is 15.2. The third-order valence-corrected chi connectivity index (χ3v) is 4.07. The summed E-state index contributed by atoms with van der Waals surface area (Å²) in [5.41, 5.74) is 1.33. The Hall–Kier alpha value is -3.16. The van der Waals surface area contributed by atoms with Gasteiger partial charge in [0.2, 0.25) is 5.91 Å². The molecule has 1 amide bonds. The van der Waals surface area contributed by atoms with Crippen LogP contribution in [-0.4, -0.2) is 37.2 Å². The van der Waals surface area contributed by atoms with Gasteiger partial charge in [-0.3, -0.25) is 9.59 Å². The van der Waals surface area contributed by atoms with Crippen molar-refractivity contribution >= 4 is 11.9 Å². The Morgan fingerprint density at radius 2 is 1.79 bits per heavy atom. The first-order valence-electron chi connectivity index (χ1n) is 8.54. The second-order valence-corrected chi connectivity index (χ2v) is 6.05. The molecule has 0 aliphatic heterocycles. The van der Waals surface area contributed by atoms with Crippen molar-refractivity contribution in [3.05, 3.63) is 59.7 Å². The van der Waals surface area contributed by atoms with Crippen LogP contribution in [0.1, 0.15) is 11.1 Å². The summed E-state index contributed by atoms with van der Waals surface area (Å²) >= 11 is 0. The van der Waals surface area contributed by atoms with Crippen molar-refractivity contribution in [1.29, 1.82) is 0 Å². The van der Waals surface area contributed by atoms with E-state index in [0.717, 1.165) is 5.56 Å². The van der Waals surface area contributed by atoms with E-state index in [4.69, 9.17) is 4.74 Å². The van der Waals surface area contributed by atoms with Crippen LogP contribution in [0.4, 0.5) is 8.78 Å². The van der Waals surface area contributed by atoms with E-state index in [1.54, 1.807) is 24.3 Å². The monoisotopic (exact) mass is 393 g/mol. The largest absolute Gasteiger partial charge is 0.496 e. The highest BCUT2D eigenvalue weighted by Crippen LogP contribution is 2.21. The molecule has 0 aromatic heterocycles. The molecule has 2 rings (SSSR count). The van der Waals surface area contributed by atoms with Gasteiger partial charge >= 0.3 is 12.6 Å². The van der Waals surface area contributed by atoms with Crippen LogP contribution in [0.3, 0.4) is 0 Å². The number of methoxy groups -OCH3 is 1. The minimum atomic E-state index is -2.91. The molecule has 2 aromatic carbocycles. The van der Waals surface area contributed by atoms with Crippen LogP contribution in [0.2, 0.25) is 0 Å². The van der Waals surface area contributed by atoms with Gasteiger partial charge in [-0.2, -0.15) is 8.78 Å². The summed E-state index contributed by atoms with van der Waals surface area (Å²) in [4.78, 5) is 23.6. The van der Waals surface area contributed by atoms with E-state index in [0.29, 0.717) is 11.3 Å². The number of carboxylic acids is 1. The highest BCUT2D eigenvalue weighted by atomic mass is 19.3. The Morgan fingerprint density at radius 1 is 1.11 bits per heavy atom. The molecule has 2 aromatic rings. The first-order valence-corrected chi connectivity index (χ1v) is 8.54. The number of carbonyl (C=O) groups excluding carboxylic acids is 1. The van der Waals surface area contributed by atoms with Crippen molar-refractivity contribution in [3.63, 3.8) is 0 Å². The third kappa shape index (κ3) is 6.53. The minimum absolute atomic E-state index is 0.00177. The molecular weight excluding hydrogens is 372 g/mol. The number of nitrogens with one attached hydrogen (secondary N) is 1. The summed E-state index contributed by atoms with van der Waals surface area (Å²) in [6.07, 6.45) is 0.204. The first kappa shape index (κ1) is 21.1. The maximum absolute atomic E-state index is 12.1. The van der Waals surface area contributed by atoms with Gasteiger partial charge in [0.15, 0.2) is 0 Å². The lowest BCUT2D eigenvalue weighted by molar-refractivity contribution is -0.141. The minimum Gasteiger partial charge on any atom is -0.496 e. The Bertz CT molecular complexity index is 795. The number of hydrogen-bond donors (Lipinski definition) is 2. The Kier molecular flexibility index (Phi) is 7.74. The van der Waals surface area contributed by atoms with Gasteiger partial charge in [-0.1, -0.05) is 30.3 Å². The summed E-state index contributed by atoms with van der Waals surface area (Å²) in [6.45, 7) is -2.95. The Balaban J connectivity index is 1.90. The van der Waals surface area contributed by atoms with E-state index in [9.17, 15) is 23.5 Å². The van der Waals surface area contributed by atoms with Gasteiger partial charge in [0.1, 0.15) is 11.5 Å². The zero-order chi connectivity index (χ0) is 20.5. The molecular formula is C20H21F2NO5. The number of amides is 1. The highest BCUT2D eigenvalue weighted by Gasteiger charge is 2.20. The van der Waals surface area contributed by atoms with Crippen molar-refractivity contribution in [3.8, 4) is 11.5 Å². The summed E-state index contributed by atoms with van der Waals surface area (Å²) in [5.74, 6) is -1.62. The summed E-state index contributed by atoms with van der Waals surface area (Å²) in [7, 11) is 1.51. The summed E-state index contributed by atoms with van der Waals surface area (Å²) in [5, 5.41) is 12.0. The molecule has 28 heavy (non-hydrogen) atoms. The molecule has 2 N–H and O–H groups in total. The molecule has 0 spiro atoms. The zero-order valence-electron chi connectivity index (χ0n) is 15.2. The smallest absolute Gasteiger partial charge is 0.387 e. The van der Waals surface area contributed by atoms with Gasteiger partial charge < -0.3 is 19.9 Å². The lowest BCUT2D eigenvalue weighted by Gasteiger charge is -2.15. The predicted molar refractivity (Wildman–Crippen MR) is 97.6 cm³/mol. The van der Waals surface area contributed by atoms with E-state index in [1.807, 2.05) is 0 Å². The third-order valence-electron chi connectivity index (χ3n) is 4.07. The maximum Gasteiger partial charge on any atom is 0.387 e. The summed E-state index contributed by atoms with van der Waals surface area (Å²) < 4.78 is 33.7. The Labute approximate surface area is 161 Å². The summed E-state index contributed by atoms with van der Waals surface area (Å²) in [6, 6.07) is 12.8. The van der Waals surface area contributed by atoms with E-state index in [2.05, 4.69) is 10.1 Å². The molecule has 0 saturated carbocycles. The average Bonchev–Trinajstić information content (AvgIpc) is 2.66. The molecule has 1 atom stereocenters. The van der Waals surface area contributed by atoms with Crippen LogP contribution >= 0.6 is 0 Å². The molecule has 150 valence electrons. The van der Waals surface area contributed by atoms with Crippen molar-refractivity contribution in [2.24, 2.45) is 5.92 Å². The van der Waals surface area contributed by atoms with Crippen molar-refractivity contribution in [1.82, 2.24) is 5.32 Å². The predicted octanol–water partition coefficient (Wildman–Crippen LogP) is 2.90. The van der Waals surface area contributed by atoms with Crippen molar-refractivity contribution in [2.75, 3.05) is 13.7 Å². The van der Waals surface area contributed by atoms with Crippen LogP contribution in [0.25, 0.3) is 0 Å². The van der Waals surface area contributed by atoms with Crippen LogP contribution in [-0.2, 0) is 22.4 Å². The molecule has 6 nitrogen and oxygen atoms in total. The van der Waals surface area contributed by atoms with Crippen molar-refractivity contribution in [2.45, 2.75) is 19.5 Å². The van der Waals surface area contributed by atoms with Crippen LogP contribution in [0.5, 0.6) is 11.5 Å². The molecule has 0 bridgehead atoms. The molecule has 0 saturated heterocycles. The van der Waals surface area contributed by atoms with Gasteiger partial charge in [-0.15, -0.1) is 0 Å². The standard InChI is InChI=1S/C20H21F2NO5/c1-27-17-5-3-2-4-14(17)11-15(19(25)26)12-23-18(24)10-13-6-8-16(9-7-13)28-20(21)22/h2-9,15,20H,10-12H2,1H3,(H,23,24)(H,25,26). The lowest BCUT2D eigenvalue weighted by Crippen LogP contribution is -2.35. The van der Waals surface area contributed by atoms with Gasteiger partial charge in [0.25, 0.3) is 0 Å². The Morgan fingerprint density at radius 3 is 2.39 bits per heavy atom. The molecule has 8 heteroatoms. The molecule has 0 radical (unpaired) electrons. The molecule has 0 fully saturated rings. The SMILES string of the molecule is COc1ccccc1CC(CNC(=O)Cc1ccc(OC(F)F)cc1)C(=O)O. The van der Waals surface area contributed by atoms with Gasteiger partial charge in [-0.05, 0) is 35.7 Å². The van der Waals surface area contributed by atoms with Crippen LogP contribution in [0, 0.1) is 5.92 Å². The topological polar surface area (TPSA) is 84.9 Å². The fourth-order valence-electron chi connectivity index (χ4n) is 2.66. The average molecular weight is 393 g/mol. The first-order chi connectivity index (χ1) is 13.4. The number of carboxylic acid groups (broad SMARTS) is 1. The number of carbonyl (C=O) groups is 2. The second kappa shape index (κ2) is 10.2. The number of aliphatic carboxylic acids is 1. The molecule has 1 unspecified atom stereocenters. The van der Waals surface area contributed by atoms with Crippen molar-refractivity contribution < 1.29 is 33.0 Å². The van der Waals surface area contributed by atoms with Gasteiger partial charge in [0.05, 0.1) is 19.4 Å². The van der Waals surface area contributed by atoms with E-state index >= 15 is 0 Å². The quantitative estimate of drug-likeness (QED) is 0.648.